The molecule has 26 heavy (non-hydrogen) atoms. The number of pyridine rings is 1. The van der Waals surface area contributed by atoms with E-state index in [-0.39, 0.29) is 18.7 Å². The molecule has 0 bridgehead atoms. The van der Waals surface area contributed by atoms with E-state index in [1.807, 2.05) is 61.5 Å². The Hall–Kier alpha value is -2.92. The van der Waals surface area contributed by atoms with Crippen molar-refractivity contribution in [2.75, 3.05) is 11.9 Å². The molecule has 2 amide bonds. The lowest BCUT2D eigenvalue weighted by Gasteiger charge is -2.20. The van der Waals surface area contributed by atoms with Crippen LogP contribution in [0.5, 0.6) is 0 Å². The molecule has 0 saturated heterocycles. The Morgan fingerprint density at radius 3 is 2.73 bits per heavy atom. The van der Waals surface area contributed by atoms with E-state index in [1.165, 1.54) is 0 Å². The molecule has 0 saturated carbocycles. The average molecular weight is 349 g/mol. The number of aliphatic hydroxyl groups excluding tert-OH is 1. The predicted molar refractivity (Wildman–Crippen MR) is 104 cm³/mol. The van der Waals surface area contributed by atoms with Gasteiger partial charge in [-0.15, -0.1) is 0 Å². The average Bonchev–Trinajstić information content (AvgIpc) is 2.65. The first-order chi connectivity index (χ1) is 12.7. The Bertz CT molecular complexity index is 881. The third-order valence-corrected chi connectivity index (χ3v) is 4.26. The quantitative estimate of drug-likeness (QED) is 0.625. The number of carbonyl (C=O) groups is 1. The molecule has 134 valence electrons. The van der Waals surface area contributed by atoms with Crippen LogP contribution in [0.4, 0.5) is 10.5 Å². The van der Waals surface area contributed by atoms with Crippen LogP contribution in [-0.4, -0.2) is 22.7 Å². The number of benzene rings is 2. The zero-order chi connectivity index (χ0) is 18.4. The van der Waals surface area contributed by atoms with Gasteiger partial charge in [0.1, 0.15) is 0 Å². The van der Waals surface area contributed by atoms with Gasteiger partial charge in [0, 0.05) is 18.2 Å². The smallest absolute Gasteiger partial charge is 0.319 e. The molecular weight excluding hydrogens is 326 g/mol. The van der Waals surface area contributed by atoms with Crippen molar-refractivity contribution in [3.63, 3.8) is 0 Å². The van der Waals surface area contributed by atoms with Gasteiger partial charge in [-0.1, -0.05) is 36.4 Å². The third-order valence-electron chi connectivity index (χ3n) is 4.26. The number of amides is 2. The first-order valence-corrected chi connectivity index (χ1v) is 8.76. The molecular formula is C21H23N3O2. The van der Waals surface area contributed by atoms with Crippen LogP contribution < -0.4 is 10.6 Å². The van der Waals surface area contributed by atoms with Crippen molar-refractivity contribution >= 4 is 22.6 Å². The largest absolute Gasteiger partial charge is 0.396 e. The van der Waals surface area contributed by atoms with Crippen molar-refractivity contribution in [2.24, 2.45) is 0 Å². The summed E-state index contributed by atoms with van der Waals surface area (Å²) in [6, 6.07) is 17.2. The van der Waals surface area contributed by atoms with E-state index in [0.29, 0.717) is 18.5 Å². The minimum atomic E-state index is -0.283. The van der Waals surface area contributed by atoms with Crippen molar-refractivity contribution in [2.45, 2.75) is 25.8 Å². The fourth-order valence-corrected chi connectivity index (χ4v) is 3.06. The van der Waals surface area contributed by atoms with Gasteiger partial charge in [0.05, 0.1) is 17.2 Å². The number of aliphatic hydroxyl groups is 1. The van der Waals surface area contributed by atoms with E-state index < -0.39 is 0 Å². The Labute approximate surface area is 153 Å². The number of anilines is 1. The molecule has 0 aliphatic carbocycles. The van der Waals surface area contributed by atoms with Gasteiger partial charge in [-0.3, -0.25) is 4.98 Å². The maximum absolute atomic E-state index is 12.6. The topological polar surface area (TPSA) is 74.2 Å². The molecule has 1 unspecified atom stereocenters. The first-order valence-electron chi connectivity index (χ1n) is 8.76. The summed E-state index contributed by atoms with van der Waals surface area (Å²) in [5.41, 5.74) is 3.52. The summed E-state index contributed by atoms with van der Waals surface area (Å²) in [7, 11) is 0. The summed E-state index contributed by atoms with van der Waals surface area (Å²) >= 11 is 0. The van der Waals surface area contributed by atoms with E-state index in [1.54, 1.807) is 6.20 Å². The maximum Gasteiger partial charge on any atom is 0.319 e. The summed E-state index contributed by atoms with van der Waals surface area (Å²) in [6.45, 7) is 2.09. The summed E-state index contributed by atoms with van der Waals surface area (Å²) in [4.78, 5) is 17.0. The van der Waals surface area contributed by atoms with Crippen LogP contribution in [0.25, 0.3) is 10.9 Å². The molecule has 0 radical (unpaired) electrons. The number of rotatable bonds is 6. The third kappa shape index (κ3) is 4.37. The van der Waals surface area contributed by atoms with Gasteiger partial charge in [-0.25, -0.2) is 4.79 Å². The Morgan fingerprint density at radius 1 is 1.15 bits per heavy atom. The lowest BCUT2D eigenvalue weighted by molar-refractivity contribution is 0.244. The molecule has 0 spiro atoms. The molecule has 2 aromatic carbocycles. The molecule has 1 aromatic heterocycles. The van der Waals surface area contributed by atoms with Gasteiger partial charge in [0.25, 0.3) is 0 Å². The van der Waals surface area contributed by atoms with Gasteiger partial charge in [0.15, 0.2) is 0 Å². The first kappa shape index (κ1) is 17.9. The van der Waals surface area contributed by atoms with Gasteiger partial charge in [0.2, 0.25) is 0 Å². The number of nitrogens with zero attached hydrogens (tertiary/aromatic N) is 1. The molecule has 5 nitrogen and oxygen atoms in total. The molecule has 3 rings (SSSR count). The molecule has 0 aliphatic heterocycles. The Kier molecular flexibility index (Phi) is 5.81. The number of carbonyl (C=O) groups excluding carboxylic acids is 1. The van der Waals surface area contributed by atoms with Crippen LogP contribution in [0.15, 0.2) is 60.8 Å². The van der Waals surface area contributed by atoms with E-state index in [0.717, 1.165) is 22.0 Å². The number of aromatic nitrogens is 1. The second kappa shape index (κ2) is 8.45. The van der Waals surface area contributed by atoms with E-state index in [9.17, 15) is 4.79 Å². The second-order valence-electron chi connectivity index (χ2n) is 6.32. The fourth-order valence-electron chi connectivity index (χ4n) is 3.06. The molecule has 1 atom stereocenters. The lowest BCUT2D eigenvalue weighted by atomic mass is 10.0. The summed E-state index contributed by atoms with van der Waals surface area (Å²) in [5.74, 6) is 0. The zero-order valence-corrected chi connectivity index (χ0v) is 14.8. The standard InChI is InChI=1S/C21H23N3O2/c1-15-13-17-9-5-11-22-20(17)19(14-15)24-21(26)23-18(10-6-12-25)16-7-3-2-4-8-16/h2-5,7-9,11,13-14,18,25H,6,10,12H2,1H3,(H2,23,24,26). The van der Waals surface area contributed by atoms with Gasteiger partial charge < -0.3 is 15.7 Å². The van der Waals surface area contributed by atoms with E-state index >= 15 is 0 Å². The number of hydrogen-bond donors (Lipinski definition) is 3. The van der Waals surface area contributed by atoms with Crippen LogP contribution in [-0.2, 0) is 0 Å². The van der Waals surface area contributed by atoms with Gasteiger partial charge in [-0.05, 0) is 49.1 Å². The van der Waals surface area contributed by atoms with Crippen molar-refractivity contribution in [3.8, 4) is 0 Å². The van der Waals surface area contributed by atoms with Crippen molar-refractivity contribution in [3.05, 3.63) is 71.9 Å². The number of hydrogen-bond acceptors (Lipinski definition) is 3. The number of nitrogens with one attached hydrogen (secondary N) is 2. The van der Waals surface area contributed by atoms with Crippen molar-refractivity contribution < 1.29 is 9.90 Å². The summed E-state index contributed by atoms with van der Waals surface area (Å²) in [5, 5.41) is 16.1. The van der Waals surface area contributed by atoms with Crippen molar-refractivity contribution in [1.29, 1.82) is 0 Å². The number of fused-ring (bicyclic) bond motifs is 1. The maximum atomic E-state index is 12.6. The number of urea groups is 1. The molecule has 3 aromatic rings. The number of aryl methyl sites for hydroxylation is 1. The monoisotopic (exact) mass is 349 g/mol. The highest BCUT2D eigenvalue weighted by Gasteiger charge is 2.15. The fraction of sp³-hybridized carbons (Fsp3) is 0.238. The normalized spacial score (nSPS) is 11.9. The van der Waals surface area contributed by atoms with Crippen molar-refractivity contribution in [1.82, 2.24) is 10.3 Å². The second-order valence-corrected chi connectivity index (χ2v) is 6.32. The highest BCUT2D eigenvalue weighted by Crippen LogP contribution is 2.24. The van der Waals surface area contributed by atoms with Gasteiger partial charge in [-0.2, -0.15) is 0 Å². The minimum Gasteiger partial charge on any atom is -0.396 e. The molecule has 0 aliphatic rings. The van der Waals surface area contributed by atoms with Crippen LogP contribution in [0.1, 0.15) is 30.0 Å². The molecule has 3 N–H and O–H groups in total. The summed E-state index contributed by atoms with van der Waals surface area (Å²) < 4.78 is 0. The predicted octanol–water partition coefficient (Wildman–Crippen LogP) is 4.18. The molecule has 5 heteroatoms. The van der Waals surface area contributed by atoms with Gasteiger partial charge >= 0.3 is 6.03 Å². The SMILES string of the molecule is Cc1cc(NC(=O)NC(CCCO)c2ccccc2)c2ncccc2c1. The lowest BCUT2D eigenvalue weighted by Crippen LogP contribution is -2.32. The van der Waals surface area contributed by atoms with Crippen LogP contribution in [0.2, 0.25) is 0 Å². The Morgan fingerprint density at radius 2 is 1.96 bits per heavy atom. The highest BCUT2D eigenvalue weighted by atomic mass is 16.3. The summed E-state index contributed by atoms with van der Waals surface area (Å²) in [6.07, 6.45) is 3.00. The van der Waals surface area contributed by atoms with E-state index in [2.05, 4.69) is 15.6 Å². The Balaban J connectivity index is 1.78. The molecule has 0 fully saturated rings. The zero-order valence-electron chi connectivity index (χ0n) is 14.8. The van der Waals surface area contributed by atoms with E-state index in [4.69, 9.17) is 5.11 Å². The highest BCUT2D eigenvalue weighted by molar-refractivity contribution is 6.00. The van der Waals surface area contributed by atoms with Crippen LogP contribution in [0.3, 0.4) is 0 Å². The van der Waals surface area contributed by atoms with Crippen LogP contribution >= 0.6 is 0 Å². The minimum absolute atomic E-state index is 0.0963. The molecule has 1 heterocycles. The van der Waals surface area contributed by atoms with Crippen LogP contribution in [0, 0.1) is 6.92 Å².